The number of nitrogens with two attached hydrogens (primary N) is 1. The summed E-state index contributed by atoms with van der Waals surface area (Å²) >= 11 is 1.65. The SMILES string of the molecule is NC1CCC(Nc2nccs2)C1. The number of hydrogen-bond acceptors (Lipinski definition) is 4. The van der Waals surface area contributed by atoms with E-state index in [0.717, 1.165) is 18.0 Å². The maximum Gasteiger partial charge on any atom is 0.182 e. The van der Waals surface area contributed by atoms with Crippen LogP contribution < -0.4 is 11.1 Å². The third kappa shape index (κ3) is 1.76. The number of rotatable bonds is 2. The van der Waals surface area contributed by atoms with Crippen LogP contribution in [0.25, 0.3) is 0 Å². The average Bonchev–Trinajstić information content (AvgIpc) is 2.63. The number of aromatic nitrogens is 1. The molecule has 0 aromatic carbocycles. The Morgan fingerprint density at radius 2 is 2.50 bits per heavy atom. The van der Waals surface area contributed by atoms with Gasteiger partial charge >= 0.3 is 0 Å². The van der Waals surface area contributed by atoms with Crippen LogP contribution >= 0.6 is 11.3 Å². The van der Waals surface area contributed by atoms with Crippen LogP contribution in [0.2, 0.25) is 0 Å². The summed E-state index contributed by atoms with van der Waals surface area (Å²) in [6.45, 7) is 0. The quantitative estimate of drug-likeness (QED) is 0.729. The molecule has 2 atom stereocenters. The first-order valence-electron chi connectivity index (χ1n) is 4.26. The van der Waals surface area contributed by atoms with E-state index in [1.807, 2.05) is 11.6 Å². The smallest absolute Gasteiger partial charge is 0.182 e. The molecule has 0 bridgehead atoms. The molecule has 12 heavy (non-hydrogen) atoms. The minimum atomic E-state index is 0.391. The molecule has 3 N–H and O–H groups in total. The van der Waals surface area contributed by atoms with E-state index in [1.54, 1.807) is 11.3 Å². The Morgan fingerprint density at radius 3 is 3.08 bits per heavy atom. The Hall–Kier alpha value is -0.610. The van der Waals surface area contributed by atoms with Crippen molar-refractivity contribution < 1.29 is 0 Å². The molecular weight excluding hydrogens is 170 g/mol. The lowest BCUT2D eigenvalue weighted by Gasteiger charge is -2.09. The maximum atomic E-state index is 5.80. The second-order valence-corrected chi connectivity index (χ2v) is 4.15. The van der Waals surface area contributed by atoms with Gasteiger partial charge in [-0.15, -0.1) is 11.3 Å². The van der Waals surface area contributed by atoms with Gasteiger partial charge in [0.25, 0.3) is 0 Å². The maximum absolute atomic E-state index is 5.80. The van der Waals surface area contributed by atoms with Gasteiger partial charge in [-0.3, -0.25) is 0 Å². The Morgan fingerprint density at radius 1 is 1.58 bits per heavy atom. The van der Waals surface area contributed by atoms with Gasteiger partial charge in [0.05, 0.1) is 0 Å². The molecule has 1 aliphatic rings. The Bertz CT molecular complexity index is 234. The summed E-state index contributed by atoms with van der Waals surface area (Å²) in [6.07, 6.45) is 5.23. The second kappa shape index (κ2) is 3.41. The van der Waals surface area contributed by atoms with E-state index in [-0.39, 0.29) is 0 Å². The van der Waals surface area contributed by atoms with Gasteiger partial charge in [-0.2, -0.15) is 0 Å². The van der Waals surface area contributed by atoms with E-state index in [1.165, 1.54) is 6.42 Å². The molecule has 3 nitrogen and oxygen atoms in total. The van der Waals surface area contributed by atoms with E-state index < -0.39 is 0 Å². The number of nitrogens with one attached hydrogen (secondary N) is 1. The summed E-state index contributed by atoms with van der Waals surface area (Å²) in [4.78, 5) is 4.17. The highest BCUT2D eigenvalue weighted by atomic mass is 32.1. The van der Waals surface area contributed by atoms with Crippen molar-refractivity contribution in [3.05, 3.63) is 11.6 Å². The van der Waals surface area contributed by atoms with Crippen molar-refractivity contribution in [2.45, 2.75) is 31.3 Å². The Kier molecular flexibility index (Phi) is 2.28. The molecule has 0 saturated heterocycles. The first-order valence-corrected chi connectivity index (χ1v) is 5.14. The van der Waals surface area contributed by atoms with Crippen LogP contribution in [0, 0.1) is 0 Å². The van der Waals surface area contributed by atoms with E-state index in [0.29, 0.717) is 12.1 Å². The minimum Gasteiger partial charge on any atom is -0.359 e. The fraction of sp³-hybridized carbons (Fsp3) is 0.625. The third-order valence-electron chi connectivity index (χ3n) is 2.23. The van der Waals surface area contributed by atoms with Crippen LogP contribution in [0.15, 0.2) is 11.6 Å². The molecule has 1 fully saturated rings. The van der Waals surface area contributed by atoms with Gasteiger partial charge in [0, 0.05) is 23.7 Å². The zero-order valence-corrected chi connectivity index (χ0v) is 7.68. The van der Waals surface area contributed by atoms with Gasteiger partial charge in [-0.05, 0) is 19.3 Å². The highest BCUT2D eigenvalue weighted by Crippen LogP contribution is 2.22. The van der Waals surface area contributed by atoms with Crippen LogP contribution in [0.1, 0.15) is 19.3 Å². The monoisotopic (exact) mass is 183 g/mol. The van der Waals surface area contributed by atoms with Crippen molar-refractivity contribution in [1.29, 1.82) is 0 Å². The molecular formula is C8H13N3S. The molecule has 0 radical (unpaired) electrons. The first-order chi connectivity index (χ1) is 5.84. The summed E-state index contributed by atoms with van der Waals surface area (Å²) in [5.74, 6) is 0. The van der Waals surface area contributed by atoms with Crippen LogP contribution in [0.4, 0.5) is 5.13 Å². The number of hydrogen-bond donors (Lipinski definition) is 2. The average molecular weight is 183 g/mol. The number of anilines is 1. The van der Waals surface area contributed by atoms with Crippen molar-refractivity contribution >= 4 is 16.5 Å². The molecule has 1 aromatic heterocycles. The molecule has 1 aliphatic carbocycles. The highest BCUT2D eigenvalue weighted by Gasteiger charge is 2.21. The van der Waals surface area contributed by atoms with Crippen LogP contribution in [-0.4, -0.2) is 17.1 Å². The molecule has 66 valence electrons. The molecule has 4 heteroatoms. The van der Waals surface area contributed by atoms with E-state index in [9.17, 15) is 0 Å². The van der Waals surface area contributed by atoms with E-state index >= 15 is 0 Å². The molecule has 1 heterocycles. The summed E-state index contributed by atoms with van der Waals surface area (Å²) < 4.78 is 0. The van der Waals surface area contributed by atoms with Gasteiger partial charge in [0.2, 0.25) is 0 Å². The Balaban J connectivity index is 1.88. The van der Waals surface area contributed by atoms with E-state index in [4.69, 9.17) is 5.73 Å². The molecule has 0 spiro atoms. The largest absolute Gasteiger partial charge is 0.359 e. The lowest BCUT2D eigenvalue weighted by molar-refractivity contribution is 0.687. The fourth-order valence-electron chi connectivity index (χ4n) is 1.62. The molecule has 2 rings (SSSR count). The minimum absolute atomic E-state index is 0.391. The predicted molar refractivity (Wildman–Crippen MR) is 51.4 cm³/mol. The van der Waals surface area contributed by atoms with Crippen molar-refractivity contribution in [3.8, 4) is 0 Å². The lowest BCUT2D eigenvalue weighted by Crippen LogP contribution is -2.20. The van der Waals surface area contributed by atoms with Gasteiger partial charge in [0.15, 0.2) is 5.13 Å². The number of thiazole rings is 1. The first kappa shape index (κ1) is 8.01. The summed E-state index contributed by atoms with van der Waals surface area (Å²) in [7, 11) is 0. The van der Waals surface area contributed by atoms with Gasteiger partial charge in [-0.25, -0.2) is 4.98 Å². The molecule has 1 saturated carbocycles. The lowest BCUT2D eigenvalue weighted by atomic mass is 10.2. The van der Waals surface area contributed by atoms with Crippen molar-refractivity contribution in [3.63, 3.8) is 0 Å². The van der Waals surface area contributed by atoms with Gasteiger partial charge in [-0.1, -0.05) is 0 Å². The molecule has 0 amide bonds. The van der Waals surface area contributed by atoms with Crippen molar-refractivity contribution in [1.82, 2.24) is 4.98 Å². The van der Waals surface area contributed by atoms with Crippen molar-refractivity contribution in [2.24, 2.45) is 5.73 Å². The zero-order chi connectivity index (χ0) is 8.39. The zero-order valence-electron chi connectivity index (χ0n) is 6.86. The van der Waals surface area contributed by atoms with Crippen LogP contribution in [0.3, 0.4) is 0 Å². The molecule has 2 unspecified atom stereocenters. The Labute approximate surface area is 76.0 Å². The number of nitrogens with zero attached hydrogens (tertiary/aromatic N) is 1. The van der Waals surface area contributed by atoms with Crippen molar-refractivity contribution in [2.75, 3.05) is 5.32 Å². The summed E-state index contributed by atoms with van der Waals surface area (Å²) in [5, 5.41) is 6.38. The van der Waals surface area contributed by atoms with E-state index in [2.05, 4.69) is 10.3 Å². The predicted octanol–water partition coefficient (Wildman–Crippen LogP) is 1.43. The normalized spacial score (nSPS) is 29.1. The summed E-state index contributed by atoms with van der Waals surface area (Å²) in [6, 6.07) is 0.939. The topological polar surface area (TPSA) is 50.9 Å². The van der Waals surface area contributed by atoms with Crippen LogP contribution in [0.5, 0.6) is 0 Å². The van der Waals surface area contributed by atoms with Crippen LogP contribution in [-0.2, 0) is 0 Å². The molecule has 1 aromatic rings. The van der Waals surface area contributed by atoms with Gasteiger partial charge in [0.1, 0.15) is 0 Å². The van der Waals surface area contributed by atoms with Gasteiger partial charge < -0.3 is 11.1 Å². The summed E-state index contributed by atoms with van der Waals surface area (Å²) in [5.41, 5.74) is 5.80. The molecule has 0 aliphatic heterocycles. The fourth-order valence-corrected chi connectivity index (χ4v) is 2.22. The standard InChI is InChI=1S/C8H13N3S/c9-6-1-2-7(5-6)11-8-10-3-4-12-8/h3-4,6-7H,1-2,5,9H2,(H,10,11). The third-order valence-corrected chi connectivity index (χ3v) is 2.94. The second-order valence-electron chi connectivity index (χ2n) is 3.25. The highest BCUT2D eigenvalue weighted by molar-refractivity contribution is 7.13.